The van der Waals surface area contributed by atoms with Crippen LogP contribution in [0.5, 0.6) is 5.75 Å². The lowest BCUT2D eigenvalue weighted by molar-refractivity contribution is -0.129. The van der Waals surface area contributed by atoms with Gasteiger partial charge < -0.3 is 14.2 Å². The number of hydrogen-bond donors (Lipinski definition) is 0. The first-order valence-electron chi connectivity index (χ1n) is 7.46. The van der Waals surface area contributed by atoms with Crippen molar-refractivity contribution in [2.75, 3.05) is 14.2 Å². The van der Waals surface area contributed by atoms with Gasteiger partial charge in [-0.05, 0) is 35.9 Å². The summed E-state index contributed by atoms with van der Waals surface area (Å²) in [5.74, 6) is -0.260. The quantitative estimate of drug-likeness (QED) is 0.633. The minimum Gasteiger partial charge on any atom is -0.497 e. The Balaban J connectivity index is 1.98. The molecule has 0 N–H and O–H groups in total. The third-order valence-electron chi connectivity index (χ3n) is 3.60. The van der Waals surface area contributed by atoms with Gasteiger partial charge in [0.15, 0.2) is 5.70 Å². The number of carbonyl (C=O) groups is 2. The molecule has 1 aliphatic heterocycles. The van der Waals surface area contributed by atoms with Crippen LogP contribution in [-0.2, 0) is 14.3 Å². The molecule has 25 heavy (non-hydrogen) atoms. The molecule has 126 valence electrons. The Morgan fingerprint density at radius 2 is 1.92 bits per heavy atom. The Labute approximate surface area is 144 Å². The molecular formula is C19H15NO5. The second-order valence-electron chi connectivity index (χ2n) is 5.15. The third-order valence-corrected chi connectivity index (χ3v) is 3.60. The number of hydrogen-bond acceptors (Lipinski definition) is 6. The van der Waals surface area contributed by atoms with Gasteiger partial charge in [-0.25, -0.2) is 14.6 Å². The summed E-state index contributed by atoms with van der Waals surface area (Å²) in [5, 5.41) is 0. The number of rotatable bonds is 4. The van der Waals surface area contributed by atoms with Crippen LogP contribution in [0.25, 0.3) is 6.08 Å². The molecule has 1 aliphatic rings. The lowest BCUT2D eigenvalue weighted by Crippen LogP contribution is -2.06. The highest BCUT2D eigenvalue weighted by atomic mass is 16.6. The Kier molecular flexibility index (Phi) is 4.61. The molecular weight excluding hydrogens is 322 g/mol. The van der Waals surface area contributed by atoms with Crippen LogP contribution in [0.1, 0.15) is 21.5 Å². The monoisotopic (exact) mass is 337 g/mol. The van der Waals surface area contributed by atoms with E-state index in [-0.39, 0.29) is 11.6 Å². The van der Waals surface area contributed by atoms with Crippen LogP contribution in [0.15, 0.2) is 59.2 Å². The zero-order valence-electron chi connectivity index (χ0n) is 13.7. The van der Waals surface area contributed by atoms with Gasteiger partial charge in [0.05, 0.1) is 19.8 Å². The number of ether oxygens (including phenoxy) is 3. The summed E-state index contributed by atoms with van der Waals surface area (Å²) in [6.45, 7) is 0. The Morgan fingerprint density at radius 1 is 1.12 bits per heavy atom. The van der Waals surface area contributed by atoms with Crippen LogP contribution in [0.3, 0.4) is 0 Å². The Hall–Kier alpha value is -3.41. The average molecular weight is 337 g/mol. The summed E-state index contributed by atoms with van der Waals surface area (Å²) in [5.41, 5.74) is 1.60. The van der Waals surface area contributed by atoms with E-state index in [9.17, 15) is 9.59 Å². The lowest BCUT2D eigenvalue weighted by Gasteiger charge is -2.03. The maximum atomic E-state index is 12.1. The smallest absolute Gasteiger partial charge is 0.363 e. The van der Waals surface area contributed by atoms with Crippen LogP contribution >= 0.6 is 0 Å². The van der Waals surface area contributed by atoms with Gasteiger partial charge in [-0.2, -0.15) is 0 Å². The molecule has 2 aromatic rings. The average Bonchev–Trinajstić information content (AvgIpc) is 3.02. The van der Waals surface area contributed by atoms with Crippen molar-refractivity contribution in [2.24, 2.45) is 4.99 Å². The molecule has 3 rings (SSSR count). The van der Waals surface area contributed by atoms with Crippen molar-refractivity contribution in [3.8, 4) is 5.75 Å². The van der Waals surface area contributed by atoms with Crippen LogP contribution < -0.4 is 4.74 Å². The fraction of sp³-hybridized carbons (Fsp3) is 0.105. The summed E-state index contributed by atoms with van der Waals surface area (Å²) in [6, 6.07) is 13.8. The molecule has 0 atom stereocenters. The van der Waals surface area contributed by atoms with Crippen LogP contribution in [0.4, 0.5) is 0 Å². The number of nitrogens with zero attached hydrogens (tertiary/aromatic N) is 1. The molecule has 6 heteroatoms. The maximum absolute atomic E-state index is 12.1. The highest BCUT2D eigenvalue weighted by Gasteiger charge is 2.25. The number of benzene rings is 2. The normalized spacial score (nSPS) is 14.9. The first-order chi connectivity index (χ1) is 12.1. The predicted octanol–water partition coefficient (Wildman–Crippen LogP) is 2.83. The first kappa shape index (κ1) is 16.4. The van der Waals surface area contributed by atoms with E-state index in [4.69, 9.17) is 14.2 Å². The molecule has 0 amide bonds. The number of carbonyl (C=O) groups excluding carboxylic acids is 2. The molecule has 0 aliphatic carbocycles. The number of aliphatic imine (C=N–C) groups is 1. The van der Waals surface area contributed by atoms with E-state index in [0.29, 0.717) is 22.4 Å². The zero-order valence-corrected chi connectivity index (χ0v) is 13.7. The molecule has 0 radical (unpaired) electrons. The van der Waals surface area contributed by atoms with Gasteiger partial charge in [-0.3, -0.25) is 0 Å². The predicted molar refractivity (Wildman–Crippen MR) is 91.4 cm³/mol. The van der Waals surface area contributed by atoms with Gasteiger partial charge in [-0.15, -0.1) is 0 Å². The van der Waals surface area contributed by atoms with Gasteiger partial charge in [0.1, 0.15) is 5.75 Å². The molecule has 0 unspecified atom stereocenters. The topological polar surface area (TPSA) is 74.2 Å². The van der Waals surface area contributed by atoms with E-state index >= 15 is 0 Å². The van der Waals surface area contributed by atoms with Gasteiger partial charge in [0, 0.05) is 5.56 Å². The Morgan fingerprint density at radius 3 is 2.68 bits per heavy atom. The molecule has 2 aromatic carbocycles. The van der Waals surface area contributed by atoms with E-state index in [1.54, 1.807) is 55.6 Å². The summed E-state index contributed by atoms with van der Waals surface area (Å²) in [6.07, 6.45) is 1.50. The molecule has 0 aromatic heterocycles. The summed E-state index contributed by atoms with van der Waals surface area (Å²) >= 11 is 0. The molecule has 0 fully saturated rings. The van der Waals surface area contributed by atoms with E-state index in [1.807, 2.05) is 0 Å². The van der Waals surface area contributed by atoms with Crippen molar-refractivity contribution >= 4 is 23.9 Å². The second-order valence-corrected chi connectivity index (χ2v) is 5.15. The van der Waals surface area contributed by atoms with Crippen molar-refractivity contribution in [1.29, 1.82) is 0 Å². The van der Waals surface area contributed by atoms with E-state index < -0.39 is 11.9 Å². The minimum absolute atomic E-state index is 0.106. The first-order valence-corrected chi connectivity index (χ1v) is 7.46. The molecule has 6 nitrogen and oxygen atoms in total. The lowest BCUT2D eigenvalue weighted by atomic mass is 10.1. The largest absolute Gasteiger partial charge is 0.497 e. The molecule has 0 bridgehead atoms. The van der Waals surface area contributed by atoms with Gasteiger partial charge >= 0.3 is 11.9 Å². The number of cyclic esters (lactones) is 1. The highest BCUT2D eigenvalue weighted by molar-refractivity contribution is 6.13. The highest BCUT2D eigenvalue weighted by Crippen LogP contribution is 2.22. The van der Waals surface area contributed by atoms with Crippen LogP contribution in [-0.4, -0.2) is 32.1 Å². The van der Waals surface area contributed by atoms with E-state index in [2.05, 4.69) is 4.99 Å². The summed E-state index contributed by atoms with van der Waals surface area (Å²) in [7, 11) is 2.85. The van der Waals surface area contributed by atoms with E-state index in [1.165, 1.54) is 13.2 Å². The second kappa shape index (κ2) is 7.00. The van der Waals surface area contributed by atoms with Gasteiger partial charge in [-0.1, -0.05) is 24.3 Å². The van der Waals surface area contributed by atoms with Crippen LogP contribution in [0, 0.1) is 0 Å². The number of methoxy groups -OCH3 is 2. The van der Waals surface area contributed by atoms with Crippen molar-refractivity contribution < 1.29 is 23.8 Å². The summed E-state index contributed by atoms with van der Waals surface area (Å²) in [4.78, 5) is 28.2. The standard InChI is InChI=1S/C19H15NO5/c1-23-14-8-5-7-13(10-14)17-20-16(19(22)25-17)11-12-6-3-4-9-15(12)18(21)24-2/h3-11H,1-2H3. The fourth-order valence-electron chi connectivity index (χ4n) is 2.35. The van der Waals surface area contributed by atoms with Crippen molar-refractivity contribution in [1.82, 2.24) is 0 Å². The molecule has 0 saturated heterocycles. The molecule has 1 heterocycles. The van der Waals surface area contributed by atoms with Gasteiger partial charge in [0.25, 0.3) is 0 Å². The van der Waals surface area contributed by atoms with Crippen molar-refractivity contribution in [2.45, 2.75) is 0 Å². The Bertz CT molecular complexity index is 898. The molecule has 0 saturated carbocycles. The summed E-state index contributed by atoms with van der Waals surface area (Å²) < 4.78 is 15.1. The SMILES string of the molecule is COC(=O)c1ccccc1C=C1N=C(c2cccc(OC)c2)OC1=O. The minimum atomic E-state index is -0.586. The van der Waals surface area contributed by atoms with Gasteiger partial charge in [0.2, 0.25) is 5.90 Å². The fourth-order valence-corrected chi connectivity index (χ4v) is 2.35. The number of esters is 2. The maximum Gasteiger partial charge on any atom is 0.363 e. The van der Waals surface area contributed by atoms with Crippen molar-refractivity contribution in [3.63, 3.8) is 0 Å². The van der Waals surface area contributed by atoms with E-state index in [0.717, 1.165) is 0 Å². The zero-order chi connectivity index (χ0) is 17.8. The molecule has 0 spiro atoms. The van der Waals surface area contributed by atoms with Crippen molar-refractivity contribution in [3.05, 3.63) is 70.9 Å². The van der Waals surface area contributed by atoms with Crippen LogP contribution in [0.2, 0.25) is 0 Å². The third kappa shape index (κ3) is 3.42.